The van der Waals surface area contributed by atoms with Crippen LogP contribution in [0.25, 0.3) is 10.9 Å². The Bertz CT molecular complexity index is 959. The second-order valence-electron chi connectivity index (χ2n) is 5.60. The van der Waals surface area contributed by atoms with Gasteiger partial charge < -0.3 is 14.4 Å². The number of rotatable bonds is 4. The van der Waals surface area contributed by atoms with E-state index in [1.165, 1.54) is 0 Å². The Labute approximate surface area is 145 Å². The maximum absolute atomic E-state index is 12.4. The predicted molar refractivity (Wildman–Crippen MR) is 95.9 cm³/mol. The summed E-state index contributed by atoms with van der Waals surface area (Å²) >= 11 is 0. The second-order valence-corrected chi connectivity index (χ2v) is 5.60. The number of hydrogen-bond donors (Lipinski definition) is 1. The number of aromatic hydroxyl groups is 1. The largest absolute Gasteiger partial charge is 0.506 e. The van der Waals surface area contributed by atoms with Gasteiger partial charge in [-0.15, -0.1) is 5.11 Å². The lowest BCUT2D eigenvalue weighted by Gasteiger charge is -2.04. The van der Waals surface area contributed by atoms with Gasteiger partial charge >= 0.3 is 5.97 Å². The van der Waals surface area contributed by atoms with Gasteiger partial charge in [-0.05, 0) is 38.1 Å². The van der Waals surface area contributed by atoms with Crippen LogP contribution in [0.3, 0.4) is 0 Å². The summed E-state index contributed by atoms with van der Waals surface area (Å²) in [5.41, 5.74) is 2.84. The van der Waals surface area contributed by atoms with Crippen molar-refractivity contribution >= 4 is 28.2 Å². The fourth-order valence-corrected chi connectivity index (χ4v) is 2.78. The second kappa shape index (κ2) is 6.76. The number of ether oxygens (including phenoxy) is 1. The summed E-state index contributed by atoms with van der Waals surface area (Å²) < 4.78 is 7.06. The lowest BCUT2D eigenvalue weighted by Crippen LogP contribution is -2.06. The highest BCUT2D eigenvalue weighted by Gasteiger charge is 2.24. The smallest absolute Gasteiger partial charge is 0.340 e. The molecule has 128 valence electrons. The molecule has 0 saturated heterocycles. The third-order valence-electron chi connectivity index (χ3n) is 4.11. The molecule has 3 rings (SSSR count). The van der Waals surface area contributed by atoms with E-state index in [-0.39, 0.29) is 18.0 Å². The Morgan fingerprint density at radius 1 is 1.16 bits per heavy atom. The Balaban J connectivity index is 2.24. The number of hydrogen-bond acceptors (Lipinski definition) is 5. The van der Waals surface area contributed by atoms with Crippen LogP contribution < -0.4 is 0 Å². The topological polar surface area (TPSA) is 76.2 Å². The lowest BCUT2D eigenvalue weighted by atomic mass is 10.1. The van der Waals surface area contributed by atoms with Gasteiger partial charge in [0, 0.05) is 18.1 Å². The number of benzene rings is 2. The van der Waals surface area contributed by atoms with Crippen molar-refractivity contribution in [2.24, 2.45) is 17.3 Å². The van der Waals surface area contributed by atoms with Gasteiger partial charge in [-0.1, -0.05) is 18.2 Å². The Kier molecular flexibility index (Phi) is 4.52. The van der Waals surface area contributed by atoms with Gasteiger partial charge in [0.2, 0.25) is 0 Å². The minimum Gasteiger partial charge on any atom is -0.506 e. The van der Waals surface area contributed by atoms with E-state index in [2.05, 4.69) is 10.2 Å². The first-order valence-electron chi connectivity index (χ1n) is 7.99. The van der Waals surface area contributed by atoms with E-state index in [1.54, 1.807) is 19.1 Å². The van der Waals surface area contributed by atoms with Gasteiger partial charge in [0.1, 0.15) is 11.4 Å². The minimum absolute atomic E-state index is 0.0386. The van der Waals surface area contributed by atoms with Crippen LogP contribution >= 0.6 is 0 Å². The fourth-order valence-electron chi connectivity index (χ4n) is 2.78. The third-order valence-corrected chi connectivity index (χ3v) is 4.11. The number of phenolic OH excluding ortho intramolecular Hbond substituents is 1. The normalized spacial score (nSPS) is 11.3. The molecule has 0 fully saturated rings. The monoisotopic (exact) mass is 337 g/mol. The summed E-state index contributed by atoms with van der Waals surface area (Å²) in [6, 6.07) is 12.5. The molecule has 6 heteroatoms. The van der Waals surface area contributed by atoms with E-state index >= 15 is 0 Å². The number of aryl methyl sites for hydroxylation is 1. The minimum atomic E-state index is -0.438. The number of esters is 1. The van der Waals surface area contributed by atoms with Gasteiger partial charge in [-0.2, -0.15) is 5.11 Å². The standard InChI is InChI=1S/C19H19N3O3/c1-4-25-19(24)16-12(2)22(3)14-10-11-15(23)18(17(14)16)21-20-13-8-6-5-7-9-13/h5-11,23H,4H2,1-3H3. The van der Waals surface area contributed by atoms with Crippen LogP contribution in [0.4, 0.5) is 11.4 Å². The van der Waals surface area contributed by atoms with E-state index < -0.39 is 5.97 Å². The maximum atomic E-state index is 12.4. The van der Waals surface area contributed by atoms with Crippen LogP contribution in [-0.4, -0.2) is 22.2 Å². The van der Waals surface area contributed by atoms with Crippen molar-refractivity contribution in [2.75, 3.05) is 6.61 Å². The van der Waals surface area contributed by atoms with Crippen LogP contribution in [0.15, 0.2) is 52.7 Å². The zero-order valence-electron chi connectivity index (χ0n) is 14.4. The van der Waals surface area contributed by atoms with E-state index in [9.17, 15) is 9.90 Å². The summed E-state index contributed by atoms with van der Waals surface area (Å²) in [6.07, 6.45) is 0. The Morgan fingerprint density at radius 3 is 2.56 bits per heavy atom. The lowest BCUT2D eigenvalue weighted by molar-refractivity contribution is 0.0527. The molecule has 2 aromatic carbocycles. The molecule has 25 heavy (non-hydrogen) atoms. The predicted octanol–water partition coefficient (Wildman–Crippen LogP) is 4.78. The quantitative estimate of drug-likeness (QED) is 0.549. The molecule has 0 unspecified atom stereocenters. The third kappa shape index (κ3) is 2.98. The van der Waals surface area contributed by atoms with Gasteiger partial charge in [-0.3, -0.25) is 0 Å². The first-order chi connectivity index (χ1) is 12.0. The van der Waals surface area contributed by atoms with Crippen molar-refractivity contribution < 1.29 is 14.6 Å². The molecule has 0 radical (unpaired) electrons. The molecule has 0 aliphatic rings. The van der Waals surface area contributed by atoms with Gasteiger partial charge in [0.15, 0.2) is 0 Å². The van der Waals surface area contributed by atoms with Crippen molar-refractivity contribution in [3.05, 3.63) is 53.7 Å². The number of azo groups is 1. The number of phenols is 1. The highest BCUT2D eigenvalue weighted by Crippen LogP contribution is 2.40. The van der Waals surface area contributed by atoms with Crippen molar-refractivity contribution in [1.82, 2.24) is 4.57 Å². The van der Waals surface area contributed by atoms with Crippen molar-refractivity contribution in [3.63, 3.8) is 0 Å². The average Bonchev–Trinajstić information content (AvgIpc) is 2.86. The summed E-state index contributed by atoms with van der Waals surface area (Å²) in [5.74, 6) is -0.476. The SMILES string of the molecule is CCOC(=O)c1c(C)n(C)c2ccc(O)c(N=Nc3ccccc3)c12. The molecule has 0 saturated carbocycles. The molecule has 1 heterocycles. The maximum Gasteiger partial charge on any atom is 0.340 e. The zero-order chi connectivity index (χ0) is 18.0. The molecule has 0 amide bonds. The van der Waals surface area contributed by atoms with Gasteiger partial charge in [0.25, 0.3) is 0 Å². The summed E-state index contributed by atoms with van der Waals surface area (Å²) in [7, 11) is 1.86. The van der Waals surface area contributed by atoms with Crippen LogP contribution in [-0.2, 0) is 11.8 Å². The van der Waals surface area contributed by atoms with Crippen LogP contribution in [0.2, 0.25) is 0 Å². The van der Waals surface area contributed by atoms with Crippen molar-refractivity contribution in [3.8, 4) is 5.75 Å². The average molecular weight is 337 g/mol. The molecular weight excluding hydrogens is 318 g/mol. The molecular formula is C19H19N3O3. The van der Waals surface area contributed by atoms with E-state index in [4.69, 9.17) is 4.74 Å². The molecule has 0 spiro atoms. The Morgan fingerprint density at radius 2 is 1.88 bits per heavy atom. The van der Waals surface area contributed by atoms with E-state index in [1.807, 2.05) is 48.9 Å². The molecule has 3 aromatic rings. The first kappa shape index (κ1) is 16.7. The Hall–Kier alpha value is -3.15. The number of nitrogens with zero attached hydrogens (tertiary/aromatic N) is 3. The van der Waals surface area contributed by atoms with E-state index in [0.717, 1.165) is 11.2 Å². The summed E-state index contributed by atoms with van der Waals surface area (Å²) in [6.45, 7) is 3.86. The van der Waals surface area contributed by atoms with Crippen molar-refractivity contribution in [1.29, 1.82) is 0 Å². The molecule has 1 N–H and O–H groups in total. The molecule has 0 bridgehead atoms. The highest BCUT2D eigenvalue weighted by atomic mass is 16.5. The van der Waals surface area contributed by atoms with E-state index in [0.29, 0.717) is 16.6 Å². The first-order valence-corrected chi connectivity index (χ1v) is 7.99. The molecule has 0 aliphatic carbocycles. The van der Waals surface area contributed by atoms with Gasteiger partial charge in [0.05, 0.1) is 23.4 Å². The summed E-state index contributed by atoms with van der Waals surface area (Å²) in [4.78, 5) is 12.4. The van der Waals surface area contributed by atoms with Crippen LogP contribution in [0.5, 0.6) is 5.75 Å². The molecule has 6 nitrogen and oxygen atoms in total. The molecule has 0 atom stereocenters. The number of carbonyl (C=O) groups is 1. The van der Waals surface area contributed by atoms with Crippen molar-refractivity contribution in [2.45, 2.75) is 13.8 Å². The van der Waals surface area contributed by atoms with Gasteiger partial charge in [-0.25, -0.2) is 4.79 Å². The molecule has 0 aliphatic heterocycles. The zero-order valence-corrected chi connectivity index (χ0v) is 14.4. The number of aromatic nitrogens is 1. The van der Waals surface area contributed by atoms with Crippen LogP contribution in [0, 0.1) is 6.92 Å². The fraction of sp³-hybridized carbons (Fsp3) is 0.211. The molecule has 1 aromatic heterocycles. The number of fused-ring (bicyclic) bond motifs is 1. The summed E-state index contributed by atoms with van der Waals surface area (Å²) in [5, 5.41) is 19.2. The highest BCUT2D eigenvalue weighted by molar-refractivity contribution is 6.11. The number of carbonyl (C=O) groups excluding carboxylic acids is 1. The van der Waals surface area contributed by atoms with Crippen LogP contribution in [0.1, 0.15) is 23.0 Å².